The molecular formula is C19H19N3O2. The second kappa shape index (κ2) is 7.00. The standard InChI is InChI=1S/C19H19N3O2/c1-20-19(23)17-13-22(12-14-7-4-3-5-8-14)21-18(17)15-9-6-10-16(11-15)24-2/h3-11,13H,12H2,1-2H3,(H,20,23). The minimum Gasteiger partial charge on any atom is -0.497 e. The fraction of sp³-hybridized carbons (Fsp3) is 0.158. The molecule has 0 unspecified atom stereocenters. The van der Waals surface area contributed by atoms with E-state index in [-0.39, 0.29) is 5.91 Å². The number of amides is 1. The molecule has 5 heteroatoms. The van der Waals surface area contributed by atoms with Crippen molar-refractivity contribution in [2.75, 3.05) is 14.2 Å². The van der Waals surface area contributed by atoms with E-state index in [1.165, 1.54) is 0 Å². The van der Waals surface area contributed by atoms with Crippen molar-refractivity contribution in [2.24, 2.45) is 0 Å². The molecule has 122 valence electrons. The van der Waals surface area contributed by atoms with Gasteiger partial charge in [0.2, 0.25) is 0 Å². The molecule has 0 fully saturated rings. The number of carbonyl (C=O) groups excluding carboxylic acids is 1. The van der Waals surface area contributed by atoms with Gasteiger partial charge in [0.25, 0.3) is 5.91 Å². The van der Waals surface area contributed by atoms with E-state index in [4.69, 9.17) is 4.74 Å². The van der Waals surface area contributed by atoms with Gasteiger partial charge in [0.1, 0.15) is 11.4 Å². The van der Waals surface area contributed by atoms with Gasteiger partial charge in [-0.2, -0.15) is 5.10 Å². The third kappa shape index (κ3) is 3.30. The normalized spacial score (nSPS) is 10.4. The van der Waals surface area contributed by atoms with Gasteiger partial charge in [-0.1, -0.05) is 42.5 Å². The molecule has 1 heterocycles. The molecule has 0 radical (unpaired) electrons. The molecule has 1 aromatic heterocycles. The van der Waals surface area contributed by atoms with Crippen molar-refractivity contribution in [3.63, 3.8) is 0 Å². The first-order chi connectivity index (χ1) is 11.7. The average Bonchev–Trinajstić information content (AvgIpc) is 3.05. The number of methoxy groups -OCH3 is 1. The second-order valence-electron chi connectivity index (χ2n) is 5.39. The fourth-order valence-corrected chi connectivity index (χ4v) is 2.56. The highest BCUT2D eigenvalue weighted by Crippen LogP contribution is 2.26. The first-order valence-electron chi connectivity index (χ1n) is 7.69. The lowest BCUT2D eigenvalue weighted by atomic mass is 10.1. The lowest BCUT2D eigenvalue weighted by molar-refractivity contribution is 0.0963. The minimum atomic E-state index is -0.160. The lowest BCUT2D eigenvalue weighted by Gasteiger charge is -2.04. The Bertz CT molecular complexity index is 841. The van der Waals surface area contributed by atoms with Crippen molar-refractivity contribution in [1.29, 1.82) is 0 Å². The summed E-state index contributed by atoms with van der Waals surface area (Å²) >= 11 is 0. The molecule has 1 N–H and O–H groups in total. The van der Waals surface area contributed by atoms with Crippen LogP contribution >= 0.6 is 0 Å². The molecular weight excluding hydrogens is 302 g/mol. The van der Waals surface area contributed by atoms with E-state index in [9.17, 15) is 4.79 Å². The highest BCUT2D eigenvalue weighted by molar-refractivity contribution is 5.99. The van der Waals surface area contributed by atoms with Crippen LogP contribution in [0.25, 0.3) is 11.3 Å². The van der Waals surface area contributed by atoms with E-state index in [2.05, 4.69) is 10.4 Å². The van der Waals surface area contributed by atoms with Crippen LogP contribution in [0.2, 0.25) is 0 Å². The van der Waals surface area contributed by atoms with Crippen LogP contribution in [0.15, 0.2) is 60.8 Å². The summed E-state index contributed by atoms with van der Waals surface area (Å²) in [6.45, 7) is 0.606. The number of ether oxygens (including phenoxy) is 1. The quantitative estimate of drug-likeness (QED) is 0.786. The van der Waals surface area contributed by atoms with Gasteiger partial charge in [0.05, 0.1) is 19.2 Å². The third-order valence-corrected chi connectivity index (χ3v) is 3.76. The van der Waals surface area contributed by atoms with Crippen molar-refractivity contribution >= 4 is 5.91 Å². The number of carbonyl (C=O) groups is 1. The third-order valence-electron chi connectivity index (χ3n) is 3.76. The maximum absolute atomic E-state index is 12.2. The van der Waals surface area contributed by atoms with Crippen molar-refractivity contribution in [1.82, 2.24) is 15.1 Å². The second-order valence-corrected chi connectivity index (χ2v) is 5.39. The Balaban J connectivity index is 2.02. The number of nitrogens with zero attached hydrogens (tertiary/aromatic N) is 2. The number of aromatic nitrogens is 2. The van der Waals surface area contributed by atoms with E-state index in [0.717, 1.165) is 16.9 Å². The Morgan fingerprint density at radius 2 is 1.96 bits per heavy atom. The van der Waals surface area contributed by atoms with E-state index in [0.29, 0.717) is 17.8 Å². The van der Waals surface area contributed by atoms with Gasteiger partial charge in [0.15, 0.2) is 0 Å². The molecule has 0 spiro atoms. The van der Waals surface area contributed by atoms with Crippen LogP contribution in [0, 0.1) is 0 Å². The smallest absolute Gasteiger partial charge is 0.254 e. The van der Waals surface area contributed by atoms with Crippen LogP contribution in [-0.4, -0.2) is 29.8 Å². The van der Waals surface area contributed by atoms with Gasteiger partial charge >= 0.3 is 0 Å². The predicted octanol–water partition coefficient (Wildman–Crippen LogP) is 2.97. The lowest BCUT2D eigenvalue weighted by Crippen LogP contribution is -2.18. The first kappa shape index (κ1) is 15.8. The van der Waals surface area contributed by atoms with E-state index in [1.54, 1.807) is 25.0 Å². The molecule has 0 aliphatic heterocycles. The summed E-state index contributed by atoms with van der Waals surface area (Å²) in [5.74, 6) is 0.570. The van der Waals surface area contributed by atoms with Crippen LogP contribution in [0.5, 0.6) is 5.75 Å². The summed E-state index contributed by atoms with van der Waals surface area (Å²) in [6.07, 6.45) is 1.78. The van der Waals surface area contributed by atoms with Gasteiger partial charge < -0.3 is 10.1 Å². The summed E-state index contributed by atoms with van der Waals surface area (Å²) in [5, 5.41) is 7.29. The summed E-state index contributed by atoms with van der Waals surface area (Å²) in [4.78, 5) is 12.2. The van der Waals surface area contributed by atoms with Crippen LogP contribution in [0.1, 0.15) is 15.9 Å². The number of rotatable bonds is 5. The fourth-order valence-electron chi connectivity index (χ4n) is 2.56. The molecule has 2 aromatic carbocycles. The molecule has 1 amide bonds. The van der Waals surface area contributed by atoms with Gasteiger partial charge in [-0.05, 0) is 17.7 Å². The Labute approximate surface area is 140 Å². The van der Waals surface area contributed by atoms with Crippen molar-refractivity contribution in [2.45, 2.75) is 6.54 Å². The Hall–Kier alpha value is -3.08. The van der Waals surface area contributed by atoms with Crippen LogP contribution in [0.3, 0.4) is 0 Å². The molecule has 3 rings (SSSR count). The average molecular weight is 321 g/mol. The zero-order valence-corrected chi connectivity index (χ0v) is 13.7. The van der Waals surface area contributed by atoms with E-state index in [1.807, 2.05) is 54.6 Å². The van der Waals surface area contributed by atoms with Crippen LogP contribution in [0.4, 0.5) is 0 Å². The monoisotopic (exact) mass is 321 g/mol. The number of benzene rings is 2. The maximum atomic E-state index is 12.2. The summed E-state index contributed by atoms with van der Waals surface area (Å²) in [6, 6.07) is 17.6. The SMILES string of the molecule is CNC(=O)c1cn(Cc2ccccc2)nc1-c1cccc(OC)c1. The minimum absolute atomic E-state index is 0.160. The molecule has 24 heavy (non-hydrogen) atoms. The highest BCUT2D eigenvalue weighted by Gasteiger charge is 2.17. The van der Waals surface area contributed by atoms with Crippen molar-refractivity contribution in [3.8, 4) is 17.0 Å². The molecule has 3 aromatic rings. The Kier molecular flexibility index (Phi) is 4.61. The number of hydrogen-bond acceptors (Lipinski definition) is 3. The Morgan fingerprint density at radius 3 is 2.67 bits per heavy atom. The summed E-state index contributed by atoms with van der Waals surface area (Å²) in [5.41, 5.74) is 3.16. The summed E-state index contributed by atoms with van der Waals surface area (Å²) in [7, 11) is 3.24. The molecule has 0 bridgehead atoms. The topological polar surface area (TPSA) is 56.2 Å². The largest absolute Gasteiger partial charge is 0.497 e. The number of nitrogens with one attached hydrogen (secondary N) is 1. The summed E-state index contributed by atoms with van der Waals surface area (Å²) < 4.78 is 7.06. The number of hydrogen-bond donors (Lipinski definition) is 1. The maximum Gasteiger partial charge on any atom is 0.254 e. The van der Waals surface area contributed by atoms with Crippen molar-refractivity contribution in [3.05, 3.63) is 71.9 Å². The van der Waals surface area contributed by atoms with Crippen molar-refractivity contribution < 1.29 is 9.53 Å². The molecule has 0 atom stereocenters. The molecule has 0 saturated carbocycles. The predicted molar refractivity (Wildman–Crippen MR) is 93.1 cm³/mol. The first-order valence-corrected chi connectivity index (χ1v) is 7.69. The van der Waals surface area contributed by atoms with E-state index >= 15 is 0 Å². The van der Waals surface area contributed by atoms with Gasteiger partial charge in [0, 0.05) is 18.8 Å². The Morgan fingerprint density at radius 1 is 1.17 bits per heavy atom. The van der Waals surface area contributed by atoms with Gasteiger partial charge in [-0.15, -0.1) is 0 Å². The molecule has 0 aliphatic carbocycles. The zero-order chi connectivity index (χ0) is 16.9. The van der Waals surface area contributed by atoms with Gasteiger partial charge in [-0.25, -0.2) is 0 Å². The molecule has 0 aliphatic rings. The van der Waals surface area contributed by atoms with E-state index < -0.39 is 0 Å². The highest BCUT2D eigenvalue weighted by atomic mass is 16.5. The van der Waals surface area contributed by atoms with Crippen LogP contribution < -0.4 is 10.1 Å². The zero-order valence-electron chi connectivity index (χ0n) is 13.7. The van der Waals surface area contributed by atoms with Gasteiger partial charge in [-0.3, -0.25) is 9.48 Å². The van der Waals surface area contributed by atoms with Crippen LogP contribution in [-0.2, 0) is 6.54 Å². The molecule has 0 saturated heterocycles. The molecule has 5 nitrogen and oxygen atoms in total.